The first kappa shape index (κ1) is 17.7. The molecule has 144 valence electrons. The molecular formula is C22H19ClN6. The number of hydrogen-bond donors (Lipinski definition) is 2. The number of fused-ring (bicyclic) bond motifs is 2. The topological polar surface area (TPSA) is 73.5 Å². The molecule has 0 unspecified atom stereocenters. The summed E-state index contributed by atoms with van der Waals surface area (Å²) in [6.07, 6.45) is 2.73. The van der Waals surface area contributed by atoms with E-state index in [1.165, 1.54) is 0 Å². The Morgan fingerprint density at radius 2 is 1.97 bits per heavy atom. The summed E-state index contributed by atoms with van der Waals surface area (Å²) in [7, 11) is 2.09. The highest BCUT2D eigenvalue weighted by Crippen LogP contribution is 2.29. The van der Waals surface area contributed by atoms with E-state index in [9.17, 15) is 0 Å². The minimum absolute atomic E-state index is 0.674. The minimum atomic E-state index is 0.674. The number of rotatable bonds is 5. The van der Waals surface area contributed by atoms with E-state index in [0.29, 0.717) is 5.02 Å². The van der Waals surface area contributed by atoms with E-state index >= 15 is 0 Å². The van der Waals surface area contributed by atoms with E-state index in [1.54, 1.807) is 0 Å². The number of nitrogens with zero attached hydrogens (tertiary/aromatic N) is 4. The van der Waals surface area contributed by atoms with Crippen LogP contribution in [0.5, 0.6) is 0 Å². The van der Waals surface area contributed by atoms with Crippen molar-refractivity contribution < 1.29 is 0 Å². The van der Waals surface area contributed by atoms with Gasteiger partial charge < -0.3 is 9.88 Å². The van der Waals surface area contributed by atoms with Gasteiger partial charge in [-0.2, -0.15) is 5.10 Å². The molecule has 0 aliphatic heterocycles. The standard InChI is InChI=1S/C22H19ClN6/c1-29(11-9-15-4-2-3-10-24-15)16-6-8-19-20(13-16)26-22(25-19)21-17-12-14(23)5-7-18(17)27-28-21/h2-8,10,12-13H,9,11H2,1H3,(H,25,26)(H,27,28). The lowest BCUT2D eigenvalue weighted by atomic mass is 10.2. The second kappa shape index (κ2) is 7.22. The predicted molar refractivity (Wildman–Crippen MR) is 117 cm³/mol. The summed E-state index contributed by atoms with van der Waals surface area (Å²) in [4.78, 5) is 14.7. The van der Waals surface area contributed by atoms with Crippen LogP contribution in [0.4, 0.5) is 5.69 Å². The summed E-state index contributed by atoms with van der Waals surface area (Å²) >= 11 is 6.16. The highest BCUT2D eigenvalue weighted by molar-refractivity contribution is 6.31. The molecular weight excluding hydrogens is 384 g/mol. The van der Waals surface area contributed by atoms with Gasteiger partial charge in [-0.1, -0.05) is 17.7 Å². The van der Waals surface area contributed by atoms with Crippen LogP contribution in [0.25, 0.3) is 33.5 Å². The molecule has 0 bridgehead atoms. The van der Waals surface area contributed by atoms with E-state index in [1.807, 2.05) is 42.6 Å². The number of anilines is 1. The third kappa shape index (κ3) is 3.43. The molecule has 29 heavy (non-hydrogen) atoms. The summed E-state index contributed by atoms with van der Waals surface area (Å²) in [5.74, 6) is 0.724. The van der Waals surface area contributed by atoms with E-state index in [2.05, 4.69) is 50.3 Å². The molecule has 2 aromatic carbocycles. The smallest absolute Gasteiger partial charge is 0.159 e. The maximum Gasteiger partial charge on any atom is 0.159 e. The Balaban J connectivity index is 1.43. The van der Waals surface area contributed by atoms with Gasteiger partial charge in [0.2, 0.25) is 0 Å². The lowest BCUT2D eigenvalue weighted by molar-refractivity contribution is 0.853. The van der Waals surface area contributed by atoms with Crippen LogP contribution in [-0.4, -0.2) is 38.7 Å². The van der Waals surface area contributed by atoms with Crippen LogP contribution in [0.15, 0.2) is 60.8 Å². The number of hydrogen-bond acceptors (Lipinski definition) is 4. The Labute approximate surface area is 172 Å². The van der Waals surface area contributed by atoms with Gasteiger partial charge in [-0.05, 0) is 48.5 Å². The summed E-state index contributed by atoms with van der Waals surface area (Å²) in [6.45, 7) is 0.881. The molecule has 0 amide bonds. The number of imidazole rings is 1. The molecule has 0 aliphatic rings. The number of likely N-dealkylation sites (N-methyl/N-ethyl adjacent to an activating group) is 1. The Hall–Kier alpha value is -3.38. The Morgan fingerprint density at radius 3 is 2.83 bits per heavy atom. The zero-order valence-corrected chi connectivity index (χ0v) is 16.6. The van der Waals surface area contributed by atoms with Crippen molar-refractivity contribution in [1.82, 2.24) is 25.1 Å². The molecule has 0 fully saturated rings. The molecule has 6 nitrogen and oxygen atoms in total. The fourth-order valence-corrected chi connectivity index (χ4v) is 3.64. The number of H-pyrrole nitrogens is 2. The zero-order valence-electron chi connectivity index (χ0n) is 15.9. The number of benzene rings is 2. The molecule has 5 rings (SSSR count). The molecule has 7 heteroatoms. The second-order valence-electron chi connectivity index (χ2n) is 7.04. The van der Waals surface area contributed by atoms with E-state index in [4.69, 9.17) is 16.6 Å². The van der Waals surface area contributed by atoms with Gasteiger partial charge in [-0.25, -0.2) is 4.98 Å². The molecule has 0 aliphatic carbocycles. The fourth-order valence-electron chi connectivity index (χ4n) is 3.47. The zero-order chi connectivity index (χ0) is 19.8. The average Bonchev–Trinajstić information content (AvgIpc) is 3.35. The van der Waals surface area contributed by atoms with Crippen LogP contribution in [-0.2, 0) is 6.42 Å². The second-order valence-corrected chi connectivity index (χ2v) is 7.48. The van der Waals surface area contributed by atoms with Crippen molar-refractivity contribution in [2.45, 2.75) is 6.42 Å². The third-order valence-electron chi connectivity index (χ3n) is 5.08. The molecule has 0 saturated heterocycles. The maximum atomic E-state index is 6.16. The minimum Gasteiger partial charge on any atom is -0.374 e. The largest absolute Gasteiger partial charge is 0.374 e. The molecule has 5 aromatic rings. The summed E-state index contributed by atoms with van der Waals surface area (Å²) < 4.78 is 0. The van der Waals surface area contributed by atoms with Gasteiger partial charge in [0, 0.05) is 48.0 Å². The van der Waals surface area contributed by atoms with Crippen LogP contribution < -0.4 is 4.90 Å². The molecule has 2 N–H and O–H groups in total. The summed E-state index contributed by atoms with van der Waals surface area (Å²) in [5, 5.41) is 9.09. The highest BCUT2D eigenvalue weighted by atomic mass is 35.5. The predicted octanol–water partition coefficient (Wildman–Crippen LogP) is 4.83. The highest BCUT2D eigenvalue weighted by Gasteiger charge is 2.14. The van der Waals surface area contributed by atoms with Gasteiger partial charge in [0.25, 0.3) is 0 Å². The first-order chi connectivity index (χ1) is 14.2. The molecule has 0 atom stereocenters. The van der Waals surface area contributed by atoms with Gasteiger partial charge in [-0.15, -0.1) is 0 Å². The number of nitrogens with one attached hydrogen (secondary N) is 2. The van der Waals surface area contributed by atoms with Crippen molar-refractivity contribution in [3.8, 4) is 11.5 Å². The summed E-state index contributed by atoms with van der Waals surface area (Å²) in [5.41, 5.74) is 5.79. The first-order valence-corrected chi connectivity index (χ1v) is 9.80. The van der Waals surface area contributed by atoms with Crippen molar-refractivity contribution in [3.05, 3.63) is 71.5 Å². The van der Waals surface area contributed by atoms with Crippen molar-refractivity contribution >= 4 is 39.2 Å². The first-order valence-electron chi connectivity index (χ1n) is 9.42. The van der Waals surface area contributed by atoms with Gasteiger partial charge in [0.1, 0.15) is 5.69 Å². The Kier molecular flexibility index (Phi) is 4.41. The molecule has 0 saturated carbocycles. The van der Waals surface area contributed by atoms with Crippen LogP contribution in [0.2, 0.25) is 5.02 Å². The maximum absolute atomic E-state index is 6.16. The Bertz CT molecular complexity index is 1290. The van der Waals surface area contributed by atoms with Crippen molar-refractivity contribution in [1.29, 1.82) is 0 Å². The third-order valence-corrected chi connectivity index (χ3v) is 5.32. The van der Waals surface area contributed by atoms with E-state index < -0.39 is 0 Å². The van der Waals surface area contributed by atoms with Gasteiger partial charge in [-0.3, -0.25) is 10.1 Å². The number of halogens is 1. The van der Waals surface area contributed by atoms with Gasteiger partial charge in [0.05, 0.1) is 16.6 Å². The van der Waals surface area contributed by atoms with Crippen LogP contribution in [0.1, 0.15) is 5.69 Å². The SMILES string of the molecule is CN(CCc1ccccn1)c1ccc2nc(-c3n[nH]c4ccc(Cl)cc34)[nH]c2c1. The summed E-state index contributed by atoms with van der Waals surface area (Å²) in [6, 6.07) is 17.9. The van der Waals surface area contributed by atoms with Crippen molar-refractivity contribution in [2.75, 3.05) is 18.5 Å². The van der Waals surface area contributed by atoms with Crippen LogP contribution in [0.3, 0.4) is 0 Å². The van der Waals surface area contributed by atoms with E-state index in [-0.39, 0.29) is 0 Å². The van der Waals surface area contributed by atoms with Gasteiger partial charge >= 0.3 is 0 Å². The molecule has 0 radical (unpaired) electrons. The number of aromatic nitrogens is 5. The van der Waals surface area contributed by atoms with Crippen molar-refractivity contribution in [3.63, 3.8) is 0 Å². The molecule has 3 heterocycles. The van der Waals surface area contributed by atoms with E-state index in [0.717, 1.165) is 57.8 Å². The Morgan fingerprint density at radius 1 is 1.03 bits per heavy atom. The lowest BCUT2D eigenvalue weighted by Crippen LogP contribution is -2.20. The number of aromatic amines is 2. The molecule has 3 aromatic heterocycles. The van der Waals surface area contributed by atoms with Gasteiger partial charge in [0.15, 0.2) is 5.82 Å². The monoisotopic (exact) mass is 402 g/mol. The number of pyridine rings is 1. The van der Waals surface area contributed by atoms with Crippen LogP contribution in [0, 0.1) is 0 Å². The fraction of sp³-hybridized carbons (Fsp3) is 0.136. The lowest BCUT2D eigenvalue weighted by Gasteiger charge is -2.19. The average molecular weight is 403 g/mol. The van der Waals surface area contributed by atoms with Crippen molar-refractivity contribution in [2.24, 2.45) is 0 Å². The quantitative estimate of drug-likeness (QED) is 0.441. The normalized spacial score (nSPS) is 11.4. The van der Waals surface area contributed by atoms with Crippen LogP contribution >= 0.6 is 11.6 Å². The molecule has 0 spiro atoms.